The first kappa shape index (κ1) is 63.4. The molecule has 9 aliphatic rings. The third-order valence-electron chi connectivity index (χ3n) is 20.4. The molecule has 0 aromatic carbocycles. The van der Waals surface area contributed by atoms with E-state index < -0.39 is 181 Å². The summed E-state index contributed by atoms with van der Waals surface area (Å²) < 4.78 is 104. The van der Waals surface area contributed by atoms with Crippen molar-refractivity contribution in [3.05, 3.63) is 11.6 Å². The number of aliphatic hydroxyl groups is 8. The van der Waals surface area contributed by atoms with Gasteiger partial charge in [-0.05, 0) is 93.8 Å². The lowest BCUT2D eigenvalue weighted by atomic mass is 9.41. The molecule has 26 heteroatoms. The number of hydrogen-bond donors (Lipinski definition) is 9. The second-order valence-corrected chi connectivity index (χ2v) is 27.1. The van der Waals surface area contributed by atoms with Crippen LogP contribution in [0.15, 0.2) is 11.6 Å². The van der Waals surface area contributed by atoms with Crippen LogP contribution in [0.2, 0.25) is 0 Å². The van der Waals surface area contributed by atoms with E-state index in [1.165, 1.54) is 26.5 Å². The summed E-state index contributed by atoms with van der Waals surface area (Å²) in [6, 6.07) is 0. The van der Waals surface area contributed by atoms with Crippen molar-refractivity contribution in [2.24, 2.45) is 45.3 Å². The predicted octanol–water partition coefficient (Wildman–Crippen LogP) is 0.700. The zero-order valence-corrected chi connectivity index (χ0v) is 48.7. The van der Waals surface area contributed by atoms with Gasteiger partial charge in [-0.15, -0.1) is 0 Å². The standard InChI is InChI=1S/C55H88O25S/c1-24(2)12-11-17-54(9)45-30(73-26(4)57)20-53(8)28-13-14-33-51(5,6)34(16-18-52(33,7)27(28)15-19-55(45,53)50(65)79-54)75-49-44(36(60)32(23-71-49)80-81(66,67)68)78-47-38(62)37(61)41(25(3)72-47)76-46-39(63)42(29(58)22-70-46)77-48-40(64)43(69-10)35(59)31(21-56)74-48/h13,24-25,27,29-49,56,58-64H,11-12,14-23H2,1-10H3,(H,66,67,68)/t25-,27+,29-,30-,31-,32-,33+,34+,35-,36+,37-,38-,39-,40-,41-,42+,43+,44-,45-,46+,47+,48+,49+,52-,53+,54+,55-/m1/s1. The normalized spacial score (nSPS) is 49.7. The molecule has 464 valence electrons. The summed E-state index contributed by atoms with van der Waals surface area (Å²) in [5, 5.41) is 88.4. The number of esters is 2. The summed E-state index contributed by atoms with van der Waals surface area (Å²) >= 11 is 0. The monoisotopic (exact) mass is 1180 g/mol. The van der Waals surface area contributed by atoms with Gasteiger partial charge in [0.05, 0.1) is 43.4 Å². The van der Waals surface area contributed by atoms with Gasteiger partial charge in [-0.2, -0.15) is 8.42 Å². The second-order valence-electron chi connectivity index (χ2n) is 26.1. The number of methoxy groups -OCH3 is 1. The molecule has 27 atom stereocenters. The summed E-state index contributed by atoms with van der Waals surface area (Å²) in [5.41, 5.74) is -2.08. The molecule has 1 spiro atoms. The van der Waals surface area contributed by atoms with Crippen molar-refractivity contribution in [1.82, 2.24) is 0 Å². The van der Waals surface area contributed by atoms with Crippen molar-refractivity contribution in [3.8, 4) is 0 Å². The Morgan fingerprint density at radius 2 is 1.43 bits per heavy atom. The van der Waals surface area contributed by atoms with Gasteiger partial charge in [0.1, 0.15) is 91.1 Å². The van der Waals surface area contributed by atoms with Crippen molar-refractivity contribution in [2.45, 2.75) is 249 Å². The van der Waals surface area contributed by atoms with E-state index >= 15 is 0 Å². The van der Waals surface area contributed by atoms with Crippen LogP contribution >= 0.6 is 0 Å². The van der Waals surface area contributed by atoms with E-state index in [9.17, 15) is 63.4 Å². The number of hydrogen-bond acceptors (Lipinski definition) is 24. The van der Waals surface area contributed by atoms with Crippen molar-refractivity contribution in [2.75, 3.05) is 26.9 Å². The highest BCUT2D eigenvalue weighted by molar-refractivity contribution is 7.80. The maximum atomic E-state index is 14.7. The highest BCUT2D eigenvalue weighted by atomic mass is 32.3. The van der Waals surface area contributed by atoms with Crippen molar-refractivity contribution in [3.63, 3.8) is 0 Å². The first-order valence-corrected chi connectivity index (χ1v) is 30.1. The van der Waals surface area contributed by atoms with Crippen molar-refractivity contribution < 1.29 is 120 Å². The van der Waals surface area contributed by atoms with Gasteiger partial charge < -0.3 is 93.0 Å². The zero-order valence-electron chi connectivity index (χ0n) is 47.9. The number of aliphatic hydroxyl groups excluding tert-OH is 8. The highest BCUT2D eigenvalue weighted by Gasteiger charge is 2.79. The zero-order chi connectivity index (χ0) is 59.3. The topological polar surface area (TPSA) is 361 Å². The number of allylic oxidation sites excluding steroid dienone is 2. The molecule has 0 bridgehead atoms. The maximum absolute atomic E-state index is 14.7. The van der Waals surface area contributed by atoms with Gasteiger partial charge in [0.2, 0.25) is 0 Å². The maximum Gasteiger partial charge on any atom is 0.397 e. The van der Waals surface area contributed by atoms with Crippen LogP contribution in [0.4, 0.5) is 0 Å². The molecule has 25 nitrogen and oxygen atoms in total. The minimum atomic E-state index is -5.16. The summed E-state index contributed by atoms with van der Waals surface area (Å²) in [7, 11) is -3.95. The van der Waals surface area contributed by atoms with E-state index in [-0.39, 0.29) is 29.1 Å². The van der Waals surface area contributed by atoms with E-state index in [0.717, 1.165) is 12.8 Å². The van der Waals surface area contributed by atoms with Gasteiger partial charge in [0.15, 0.2) is 25.2 Å². The van der Waals surface area contributed by atoms with Gasteiger partial charge in [-0.3, -0.25) is 14.1 Å². The van der Waals surface area contributed by atoms with Crippen molar-refractivity contribution >= 4 is 22.3 Å². The molecular formula is C55H88O25S. The fraction of sp³-hybridized carbons (Fsp3) is 0.927. The van der Waals surface area contributed by atoms with Gasteiger partial charge in [0.25, 0.3) is 0 Å². The molecule has 0 radical (unpaired) electrons. The average molecular weight is 1180 g/mol. The molecule has 5 aliphatic heterocycles. The van der Waals surface area contributed by atoms with E-state index in [0.29, 0.717) is 50.9 Å². The first-order valence-electron chi connectivity index (χ1n) is 28.7. The summed E-state index contributed by atoms with van der Waals surface area (Å²) in [6.07, 6.45) is -21.7. The van der Waals surface area contributed by atoms with Crippen molar-refractivity contribution in [1.29, 1.82) is 0 Å². The van der Waals surface area contributed by atoms with E-state index in [2.05, 4.69) is 47.6 Å². The Kier molecular flexibility index (Phi) is 18.4. The molecule has 81 heavy (non-hydrogen) atoms. The van der Waals surface area contributed by atoms with E-state index in [4.69, 9.17) is 56.3 Å². The number of ether oxygens (including phenoxy) is 11. The SMILES string of the molecule is CO[C@@H]1[C@@H](O)[C@H](O[C@@H]2[C@@H](O)[C@H](O[C@H]3[C@H](O)[C@@H](O)[C@H](O[C@H]4[C@H](O[C@H]5CC[C@]6(C)[C@H]7CC[C@]89C(=O)O[C@@](C)(CCCC(C)C)[C@H]8[C@H](OC(C)=O)C[C@@]9(C)C7=CC[C@H]6C5(C)C)OC[C@@H](OS(=O)(=O)O)[C@@H]4O)O[C@@H]3C)OC[C@H]2O)O[C@H](CO)[C@H]1O. The second kappa shape index (κ2) is 23.5. The van der Waals surface area contributed by atoms with Crippen LogP contribution < -0.4 is 0 Å². The lowest BCUT2D eigenvalue weighted by Crippen LogP contribution is -2.65. The summed E-state index contributed by atoms with van der Waals surface area (Å²) in [4.78, 5) is 27.4. The van der Waals surface area contributed by atoms with Crippen LogP contribution in [-0.2, 0) is 76.3 Å². The molecule has 9 rings (SSSR count). The molecule has 5 heterocycles. The van der Waals surface area contributed by atoms with Crippen LogP contribution in [0.3, 0.4) is 0 Å². The fourth-order valence-corrected chi connectivity index (χ4v) is 17.0. The predicted molar refractivity (Wildman–Crippen MR) is 276 cm³/mol. The Labute approximate surface area is 473 Å². The summed E-state index contributed by atoms with van der Waals surface area (Å²) in [6.45, 7) is 16.1. The molecule has 8 fully saturated rings. The Morgan fingerprint density at radius 1 is 0.778 bits per heavy atom. The largest absolute Gasteiger partial charge is 0.462 e. The number of carbonyl (C=O) groups is 2. The quantitative estimate of drug-likeness (QED) is 0.0550. The van der Waals surface area contributed by atoms with Gasteiger partial charge in [-0.1, -0.05) is 59.6 Å². The number of cyclic esters (lactones) is 1. The van der Waals surface area contributed by atoms with E-state index in [1.807, 2.05) is 6.92 Å². The van der Waals surface area contributed by atoms with Crippen LogP contribution in [0.5, 0.6) is 0 Å². The Hall–Kier alpha value is -2.13. The first-order chi connectivity index (χ1) is 37.9. The molecule has 3 saturated carbocycles. The van der Waals surface area contributed by atoms with Gasteiger partial charge in [-0.25, -0.2) is 4.18 Å². The highest BCUT2D eigenvalue weighted by Crippen LogP contribution is 2.77. The number of rotatable bonds is 17. The molecule has 4 aliphatic carbocycles. The molecular weight excluding hydrogens is 1090 g/mol. The smallest absolute Gasteiger partial charge is 0.397 e. The van der Waals surface area contributed by atoms with E-state index in [1.54, 1.807) is 0 Å². The van der Waals surface area contributed by atoms with Crippen LogP contribution in [0.1, 0.15) is 120 Å². The lowest BCUT2D eigenvalue weighted by Gasteiger charge is -2.64. The molecule has 0 aromatic rings. The van der Waals surface area contributed by atoms with Gasteiger partial charge in [0, 0.05) is 19.4 Å². The molecule has 5 saturated heterocycles. The molecule has 9 N–H and O–H groups in total. The van der Waals surface area contributed by atoms with Crippen LogP contribution in [-0.4, -0.2) is 221 Å². The van der Waals surface area contributed by atoms with Crippen LogP contribution in [0.25, 0.3) is 0 Å². The van der Waals surface area contributed by atoms with Gasteiger partial charge >= 0.3 is 22.3 Å². The summed E-state index contributed by atoms with van der Waals surface area (Å²) in [5.74, 6) is -0.409. The lowest BCUT2D eigenvalue weighted by molar-refractivity contribution is -0.382. The fourth-order valence-electron chi connectivity index (χ4n) is 16.5. The molecule has 0 unspecified atom stereocenters. The Balaban J connectivity index is 0.906. The third kappa shape index (κ3) is 11.2. The number of carbonyl (C=O) groups excluding carboxylic acids is 2. The third-order valence-corrected chi connectivity index (χ3v) is 20.9. The minimum Gasteiger partial charge on any atom is -0.462 e. The minimum absolute atomic E-state index is 0.00650. The Morgan fingerprint density at radius 3 is 2.09 bits per heavy atom. The number of fused-ring (bicyclic) bond motifs is 4. The van der Waals surface area contributed by atoms with Crippen LogP contribution in [0, 0.1) is 45.3 Å². The average Bonchev–Trinajstić information content (AvgIpc) is 1.74. The Bertz CT molecular complexity index is 2390. The molecule has 0 aromatic heterocycles. The molecule has 0 amide bonds.